The largest absolute Gasteiger partial charge is 0.316 e. The van der Waals surface area contributed by atoms with Gasteiger partial charge in [-0.2, -0.15) is 0 Å². The molecular formula is C17H28N2O2. The van der Waals surface area contributed by atoms with Gasteiger partial charge < -0.3 is 5.32 Å². The molecule has 1 unspecified atom stereocenters. The minimum Gasteiger partial charge on any atom is -0.316 e. The zero-order valence-corrected chi connectivity index (χ0v) is 13.2. The van der Waals surface area contributed by atoms with Crippen molar-refractivity contribution in [2.45, 2.75) is 64.7 Å². The molecule has 1 aliphatic carbocycles. The molecule has 2 amide bonds. The fraction of sp³-hybridized carbons (Fsp3) is 0.882. The van der Waals surface area contributed by atoms with Crippen LogP contribution in [0.1, 0.15) is 64.7 Å². The minimum atomic E-state index is -0.341. The highest BCUT2D eigenvalue weighted by molar-refractivity contribution is 6.05. The fourth-order valence-corrected chi connectivity index (χ4v) is 4.45. The van der Waals surface area contributed by atoms with E-state index in [2.05, 4.69) is 12.2 Å². The van der Waals surface area contributed by atoms with E-state index in [1.807, 2.05) is 0 Å². The first-order valence-corrected chi connectivity index (χ1v) is 8.60. The molecule has 4 heteroatoms. The maximum absolute atomic E-state index is 12.9. The van der Waals surface area contributed by atoms with Crippen molar-refractivity contribution in [1.82, 2.24) is 10.2 Å². The van der Waals surface area contributed by atoms with Crippen LogP contribution in [0, 0.1) is 10.8 Å². The zero-order chi connectivity index (χ0) is 14.9. The van der Waals surface area contributed by atoms with Gasteiger partial charge in [0.25, 0.3) is 0 Å². The highest BCUT2D eigenvalue weighted by Gasteiger charge is 2.52. The van der Waals surface area contributed by atoms with Crippen LogP contribution in [0.25, 0.3) is 0 Å². The second-order valence-corrected chi connectivity index (χ2v) is 7.75. The van der Waals surface area contributed by atoms with Crippen molar-refractivity contribution in [1.29, 1.82) is 0 Å². The molecule has 2 heterocycles. The Hall–Kier alpha value is -0.900. The Morgan fingerprint density at radius 1 is 1.05 bits per heavy atom. The number of nitrogens with one attached hydrogen (secondary N) is 1. The van der Waals surface area contributed by atoms with Gasteiger partial charge in [0.2, 0.25) is 11.8 Å². The first-order valence-electron chi connectivity index (χ1n) is 8.60. The molecule has 3 rings (SSSR count). The first-order chi connectivity index (χ1) is 10.0. The first kappa shape index (κ1) is 15.0. The van der Waals surface area contributed by atoms with Crippen LogP contribution in [0.3, 0.4) is 0 Å². The Kier molecular flexibility index (Phi) is 4.08. The number of hydrogen-bond acceptors (Lipinski definition) is 3. The summed E-state index contributed by atoms with van der Waals surface area (Å²) in [6, 6.07) is 0. The summed E-state index contributed by atoms with van der Waals surface area (Å²) in [4.78, 5) is 27.0. The Labute approximate surface area is 127 Å². The molecule has 1 spiro atoms. The highest BCUT2D eigenvalue weighted by Crippen LogP contribution is 2.45. The SMILES string of the molecule is CC1(CN2C(=O)CC3(CCCCCC3)C2=O)CCCNC1. The average molecular weight is 292 g/mol. The number of nitrogens with zero attached hydrogens (tertiary/aromatic N) is 1. The molecule has 4 nitrogen and oxygen atoms in total. The molecule has 1 atom stereocenters. The van der Waals surface area contributed by atoms with Crippen molar-refractivity contribution >= 4 is 11.8 Å². The van der Waals surface area contributed by atoms with E-state index in [1.54, 1.807) is 4.90 Å². The van der Waals surface area contributed by atoms with E-state index in [0.717, 1.165) is 51.6 Å². The number of carbonyl (C=O) groups is 2. The number of carbonyl (C=O) groups excluding carboxylic acids is 2. The molecule has 1 N–H and O–H groups in total. The van der Waals surface area contributed by atoms with Crippen molar-refractivity contribution in [2.75, 3.05) is 19.6 Å². The van der Waals surface area contributed by atoms with Gasteiger partial charge in [-0.1, -0.05) is 32.6 Å². The maximum Gasteiger partial charge on any atom is 0.235 e. The summed E-state index contributed by atoms with van der Waals surface area (Å²) in [5.74, 6) is 0.217. The predicted molar refractivity (Wildman–Crippen MR) is 81.7 cm³/mol. The molecule has 1 saturated carbocycles. The molecule has 21 heavy (non-hydrogen) atoms. The lowest BCUT2D eigenvalue weighted by atomic mass is 9.78. The highest BCUT2D eigenvalue weighted by atomic mass is 16.2. The van der Waals surface area contributed by atoms with Gasteiger partial charge in [-0.3, -0.25) is 14.5 Å². The summed E-state index contributed by atoms with van der Waals surface area (Å²) >= 11 is 0. The normalized spacial score (nSPS) is 33.5. The Bertz CT molecular complexity index is 419. The van der Waals surface area contributed by atoms with Crippen LogP contribution in [0.4, 0.5) is 0 Å². The molecule has 3 aliphatic rings. The second-order valence-electron chi connectivity index (χ2n) is 7.75. The number of imide groups is 1. The molecule has 2 saturated heterocycles. The third kappa shape index (κ3) is 2.87. The minimum absolute atomic E-state index is 0.0554. The van der Waals surface area contributed by atoms with E-state index in [1.165, 1.54) is 12.8 Å². The van der Waals surface area contributed by atoms with E-state index >= 15 is 0 Å². The van der Waals surface area contributed by atoms with Crippen molar-refractivity contribution in [2.24, 2.45) is 10.8 Å². The molecule has 118 valence electrons. The smallest absolute Gasteiger partial charge is 0.235 e. The lowest BCUT2D eigenvalue weighted by molar-refractivity contribution is -0.143. The summed E-state index contributed by atoms with van der Waals surface area (Å²) in [6.45, 7) is 4.79. The van der Waals surface area contributed by atoms with Crippen LogP contribution in [0.2, 0.25) is 0 Å². The van der Waals surface area contributed by atoms with Gasteiger partial charge in [0.05, 0.1) is 5.41 Å². The average Bonchev–Trinajstić information content (AvgIpc) is 2.64. The van der Waals surface area contributed by atoms with Crippen LogP contribution in [-0.4, -0.2) is 36.3 Å². The molecule has 3 fully saturated rings. The van der Waals surface area contributed by atoms with E-state index in [-0.39, 0.29) is 22.6 Å². The van der Waals surface area contributed by atoms with E-state index < -0.39 is 0 Å². The van der Waals surface area contributed by atoms with E-state index in [0.29, 0.717) is 13.0 Å². The van der Waals surface area contributed by atoms with Gasteiger partial charge in [0, 0.05) is 19.5 Å². The summed E-state index contributed by atoms with van der Waals surface area (Å²) < 4.78 is 0. The molecule has 2 aliphatic heterocycles. The summed E-state index contributed by atoms with van der Waals surface area (Å²) in [5, 5.41) is 3.41. The van der Waals surface area contributed by atoms with Gasteiger partial charge in [-0.05, 0) is 37.6 Å². The molecule has 0 aromatic carbocycles. The van der Waals surface area contributed by atoms with Crippen molar-refractivity contribution in [3.05, 3.63) is 0 Å². The fourth-order valence-electron chi connectivity index (χ4n) is 4.45. The van der Waals surface area contributed by atoms with E-state index in [9.17, 15) is 9.59 Å². The van der Waals surface area contributed by atoms with Gasteiger partial charge in [0.15, 0.2) is 0 Å². The van der Waals surface area contributed by atoms with Crippen LogP contribution in [0.15, 0.2) is 0 Å². The number of hydrogen-bond donors (Lipinski definition) is 1. The molecular weight excluding hydrogens is 264 g/mol. The third-order valence-electron chi connectivity index (χ3n) is 5.78. The van der Waals surface area contributed by atoms with Crippen molar-refractivity contribution in [3.8, 4) is 0 Å². The maximum atomic E-state index is 12.9. The van der Waals surface area contributed by atoms with Crippen LogP contribution < -0.4 is 5.32 Å². The summed E-state index contributed by atoms with van der Waals surface area (Å²) in [7, 11) is 0. The molecule has 0 aromatic heterocycles. The van der Waals surface area contributed by atoms with Crippen LogP contribution in [-0.2, 0) is 9.59 Å². The van der Waals surface area contributed by atoms with Crippen molar-refractivity contribution in [3.63, 3.8) is 0 Å². The van der Waals surface area contributed by atoms with Gasteiger partial charge in [-0.25, -0.2) is 0 Å². The Morgan fingerprint density at radius 3 is 2.38 bits per heavy atom. The van der Waals surface area contributed by atoms with Gasteiger partial charge >= 0.3 is 0 Å². The van der Waals surface area contributed by atoms with Crippen LogP contribution in [0.5, 0.6) is 0 Å². The summed E-state index contributed by atoms with van der Waals surface area (Å²) in [6.07, 6.45) is 9.18. The number of piperidine rings is 1. The molecule has 0 aromatic rings. The Balaban J connectivity index is 1.74. The topological polar surface area (TPSA) is 49.4 Å². The van der Waals surface area contributed by atoms with Gasteiger partial charge in [-0.15, -0.1) is 0 Å². The van der Waals surface area contributed by atoms with Gasteiger partial charge in [0.1, 0.15) is 0 Å². The molecule has 0 radical (unpaired) electrons. The van der Waals surface area contributed by atoms with E-state index in [4.69, 9.17) is 0 Å². The lowest BCUT2D eigenvalue weighted by Crippen LogP contribution is -2.48. The lowest BCUT2D eigenvalue weighted by Gasteiger charge is -2.37. The monoisotopic (exact) mass is 292 g/mol. The van der Waals surface area contributed by atoms with Crippen LogP contribution >= 0.6 is 0 Å². The summed E-state index contributed by atoms with van der Waals surface area (Å²) in [5.41, 5.74) is -0.286. The number of likely N-dealkylation sites (tertiary alicyclic amines) is 1. The number of rotatable bonds is 2. The van der Waals surface area contributed by atoms with Crippen molar-refractivity contribution < 1.29 is 9.59 Å². The second kappa shape index (κ2) is 5.71. The standard InChI is InChI=1S/C17H28N2O2/c1-16(7-6-10-18-12-16)13-19-14(20)11-17(15(19)21)8-4-2-3-5-9-17/h18H,2-13H2,1H3. The third-order valence-corrected chi connectivity index (χ3v) is 5.78. The Morgan fingerprint density at radius 2 is 1.76 bits per heavy atom. The zero-order valence-electron chi connectivity index (χ0n) is 13.2. The quantitative estimate of drug-likeness (QED) is 0.795. The molecule has 0 bridgehead atoms. The number of amides is 2. The predicted octanol–water partition coefficient (Wildman–Crippen LogP) is 2.48.